The molecule has 0 spiro atoms. The first-order valence-electron chi connectivity index (χ1n) is 7.45. The molecule has 5 heteroatoms. The van der Waals surface area contributed by atoms with Gasteiger partial charge in [-0.15, -0.1) is 0 Å². The normalized spacial score (nSPS) is 19.9. The van der Waals surface area contributed by atoms with Crippen molar-refractivity contribution < 1.29 is 8.42 Å². The fourth-order valence-electron chi connectivity index (χ4n) is 2.40. The summed E-state index contributed by atoms with van der Waals surface area (Å²) in [7, 11) is -3.55. The van der Waals surface area contributed by atoms with Gasteiger partial charge in [0, 0.05) is 5.57 Å². The first-order chi connectivity index (χ1) is 10.0. The fraction of sp³-hybridized carbons (Fsp3) is 0.471. The lowest BCUT2D eigenvalue weighted by Gasteiger charge is -2.13. The Morgan fingerprint density at radius 2 is 1.64 bits per heavy atom. The molecule has 0 fully saturated rings. The second kappa shape index (κ2) is 5.54. The molecule has 0 atom stereocenters. The first-order valence-corrected chi connectivity index (χ1v) is 8.94. The van der Waals surface area contributed by atoms with E-state index in [1.807, 2.05) is 45.0 Å². The van der Waals surface area contributed by atoms with Crippen LogP contribution in [0.15, 0.2) is 34.8 Å². The van der Waals surface area contributed by atoms with Gasteiger partial charge in [0.1, 0.15) is 10.7 Å². The van der Waals surface area contributed by atoms with E-state index in [-0.39, 0.29) is 5.54 Å². The molecule has 0 bridgehead atoms. The molecule has 0 aromatic heterocycles. The summed E-state index contributed by atoms with van der Waals surface area (Å²) in [5, 5.41) is 0. The number of nitrogens with zero attached hydrogens (tertiary/aromatic N) is 1. The van der Waals surface area contributed by atoms with Crippen molar-refractivity contribution in [2.45, 2.75) is 53.0 Å². The van der Waals surface area contributed by atoms with Gasteiger partial charge in [0.05, 0.1) is 5.54 Å². The molecule has 1 aliphatic heterocycles. The van der Waals surface area contributed by atoms with Gasteiger partial charge in [-0.2, -0.15) is 0 Å². The number of hydrogen-bond donors (Lipinski definition) is 1. The Morgan fingerprint density at radius 3 is 2.09 bits per heavy atom. The Labute approximate surface area is 133 Å². The van der Waals surface area contributed by atoms with Crippen molar-refractivity contribution in [2.75, 3.05) is 0 Å². The predicted octanol–water partition coefficient (Wildman–Crippen LogP) is 3.67. The Hall–Kier alpha value is -1.62. The van der Waals surface area contributed by atoms with Crippen molar-refractivity contribution in [1.29, 1.82) is 0 Å². The fourth-order valence-corrected chi connectivity index (χ4v) is 3.90. The maximum absolute atomic E-state index is 12.4. The smallest absolute Gasteiger partial charge is 0.263 e. The summed E-state index contributed by atoms with van der Waals surface area (Å²) < 4.78 is 27.4. The zero-order chi connectivity index (χ0) is 16.7. The Balaban J connectivity index is 2.54. The van der Waals surface area contributed by atoms with Gasteiger partial charge >= 0.3 is 0 Å². The molecule has 0 unspecified atom stereocenters. The van der Waals surface area contributed by atoms with E-state index in [1.54, 1.807) is 6.92 Å². The molecule has 1 aromatic carbocycles. The first kappa shape index (κ1) is 16.7. The summed E-state index contributed by atoms with van der Waals surface area (Å²) in [5.41, 5.74) is 2.23. The highest BCUT2D eigenvalue weighted by Crippen LogP contribution is 2.31. The predicted molar refractivity (Wildman–Crippen MR) is 92.4 cm³/mol. The Bertz CT molecular complexity index is 734. The van der Waals surface area contributed by atoms with E-state index >= 15 is 0 Å². The molecule has 0 saturated heterocycles. The van der Waals surface area contributed by atoms with Gasteiger partial charge < -0.3 is 0 Å². The minimum Gasteiger partial charge on any atom is -0.263 e. The quantitative estimate of drug-likeness (QED) is 0.904. The molecule has 4 nitrogen and oxygen atoms in total. The van der Waals surface area contributed by atoms with Crippen molar-refractivity contribution in [3.05, 3.63) is 41.0 Å². The molecule has 1 aromatic rings. The van der Waals surface area contributed by atoms with E-state index < -0.39 is 10.0 Å². The average Bonchev–Trinajstić information content (AvgIpc) is 2.57. The van der Waals surface area contributed by atoms with E-state index in [2.05, 4.69) is 23.6 Å². The number of nitrogens with one attached hydrogen (secondary N) is 1. The third-order valence-electron chi connectivity index (χ3n) is 3.48. The lowest BCUT2D eigenvalue weighted by molar-refractivity contribution is 0.580. The standard InChI is InChI=1S/C17H24N2O2S/c1-11(2)13-7-9-14(10-8-13)15-12(3)16(18-17(4,5)6)19-22(15,20)21/h7-11H,1-6H3,(H,18,19). The van der Waals surface area contributed by atoms with Gasteiger partial charge in [-0.3, -0.25) is 9.71 Å². The van der Waals surface area contributed by atoms with Crippen molar-refractivity contribution >= 4 is 20.8 Å². The Kier molecular flexibility index (Phi) is 4.22. The average molecular weight is 320 g/mol. The highest BCUT2D eigenvalue weighted by Gasteiger charge is 2.33. The molecule has 0 saturated carbocycles. The summed E-state index contributed by atoms with van der Waals surface area (Å²) in [5.74, 6) is 0.857. The monoisotopic (exact) mass is 320 g/mol. The molecule has 120 valence electrons. The molecular formula is C17H24N2O2S. The van der Waals surface area contributed by atoms with Crippen LogP contribution in [0.1, 0.15) is 58.6 Å². The number of hydrogen-bond acceptors (Lipinski definition) is 3. The third kappa shape index (κ3) is 3.40. The van der Waals surface area contributed by atoms with Crippen LogP contribution < -0.4 is 4.72 Å². The minimum atomic E-state index is -3.55. The van der Waals surface area contributed by atoms with Gasteiger partial charge in [-0.25, -0.2) is 8.42 Å². The number of rotatable bonds is 2. The molecule has 22 heavy (non-hydrogen) atoms. The van der Waals surface area contributed by atoms with E-state index in [9.17, 15) is 8.42 Å². The largest absolute Gasteiger partial charge is 0.264 e. The van der Waals surface area contributed by atoms with E-state index in [0.717, 1.165) is 0 Å². The molecular weight excluding hydrogens is 296 g/mol. The molecule has 1 heterocycles. The van der Waals surface area contributed by atoms with Crippen LogP contribution in [0.25, 0.3) is 4.91 Å². The van der Waals surface area contributed by atoms with E-state index in [4.69, 9.17) is 0 Å². The van der Waals surface area contributed by atoms with Crippen LogP contribution in [0.2, 0.25) is 0 Å². The van der Waals surface area contributed by atoms with E-state index in [0.29, 0.717) is 27.8 Å². The topological polar surface area (TPSA) is 58.5 Å². The van der Waals surface area contributed by atoms with Gasteiger partial charge in [-0.1, -0.05) is 38.1 Å². The SMILES string of the molecule is CC1=C(c2ccc(C(C)C)cc2)S(=O)(=O)NC1=NC(C)(C)C. The number of benzene rings is 1. The lowest BCUT2D eigenvalue weighted by Crippen LogP contribution is -2.26. The van der Waals surface area contributed by atoms with Crippen LogP contribution in [-0.4, -0.2) is 19.8 Å². The second-order valence-electron chi connectivity index (χ2n) is 6.97. The molecule has 1 aliphatic rings. The zero-order valence-corrected chi connectivity index (χ0v) is 14.9. The zero-order valence-electron chi connectivity index (χ0n) is 14.1. The van der Waals surface area contributed by atoms with Crippen molar-refractivity contribution in [2.24, 2.45) is 4.99 Å². The van der Waals surface area contributed by atoms with Crippen molar-refractivity contribution in [3.63, 3.8) is 0 Å². The lowest BCUT2D eigenvalue weighted by atomic mass is 10.0. The molecule has 2 rings (SSSR count). The highest BCUT2D eigenvalue weighted by atomic mass is 32.2. The van der Waals surface area contributed by atoms with E-state index in [1.165, 1.54) is 5.56 Å². The van der Waals surface area contributed by atoms with Crippen LogP contribution in [-0.2, 0) is 10.0 Å². The van der Waals surface area contributed by atoms with Gasteiger partial charge in [-0.05, 0) is 44.7 Å². The molecule has 1 N–H and O–H groups in total. The summed E-state index contributed by atoms with van der Waals surface area (Å²) >= 11 is 0. The van der Waals surface area contributed by atoms with Crippen molar-refractivity contribution in [1.82, 2.24) is 4.72 Å². The molecule has 0 radical (unpaired) electrons. The Morgan fingerprint density at radius 1 is 1.09 bits per heavy atom. The number of aliphatic imine (C=N–C) groups is 1. The minimum absolute atomic E-state index is 0.325. The summed E-state index contributed by atoms with van der Waals surface area (Å²) in [6.45, 7) is 11.8. The van der Waals surface area contributed by atoms with Gasteiger partial charge in [0.15, 0.2) is 0 Å². The third-order valence-corrected chi connectivity index (χ3v) is 5.02. The maximum atomic E-state index is 12.4. The van der Waals surface area contributed by atoms with Gasteiger partial charge in [0.25, 0.3) is 10.0 Å². The highest BCUT2D eigenvalue weighted by molar-refractivity contribution is 8.00. The number of amidine groups is 1. The summed E-state index contributed by atoms with van der Waals surface area (Å²) in [6, 6.07) is 7.70. The van der Waals surface area contributed by atoms with Crippen LogP contribution in [0.5, 0.6) is 0 Å². The maximum Gasteiger partial charge on any atom is 0.264 e. The number of sulfonamides is 1. The second-order valence-corrected chi connectivity index (χ2v) is 8.59. The molecule has 0 amide bonds. The summed E-state index contributed by atoms with van der Waals surface area (Å²) in [4.78, 5) is 4.80. The van der Waals surface area contributed by atoms with Gasteiger partial charge in [0.2, 0.25) is 0 Å². The van der Waals surface area contributed by atoms with Crippen molar-refractivity contribution in [3.8, 4) is 0 Å². The summed E-state index contributed by atoms with van der Waals surface area (Å²) in [6.07, 6.45) is 0. The van der Waals surface area contributed by atoms with Crippen LogP contribution in [0.4, 0.5) is 0 Å². The van der Waals surface area contributed by atoms with Crippen LogP contribution in [0, 0.1) is 0 Å². The van der Waals surface area contributed by atoms with Crippen LogP contribution in [0.3, 0.4) is 0 Å². The van der Waals surface area contributed by atoms with Crippen LogP contribution >= 0.6 is 0 Å². The molecule has 0 aliphatic carbocycles.